The van der Waals surface area contributed by atoms with Gasteiger partial charge in [-0.3, -0.25) is 4.79 Å². The number of esters is 2. The summed E-state index contributed by atoms with van der Waals surface area (Å²) in [5.41, 5.74) is 13.3. The van der Waals surface area contributed by atoms with Crippen LogP contribution in [0, 0.1) is 23.2 Å². The van der Waals surface area contributed by atoms with Gasteiger partial charge in [0.1, 0.15) is 12.1 Å². The molecule has 6 N–H and O–H groups in total. The summed E-state index contributed by atoms with van der Waals surface area (Å²) in [5.74, 6) is 4.26. The zero-order chi connectivity index (χ0) is 35.9. The van der Waals surface area contributed by atoms with Crippen molar-refractivity contribution in [3.8, 4) is 11.8 Å². The van der Waals surface area contributed by atoms with Crippen molar-refractivity contribution in [2.24, 2.45) is 22.8 Å². The maximum atomic E-state index is 13.8. The zero-order valence-corrected chi connectivity index (χ0v) is 29.0. The van der Waals surface area contributed by atoms with Gasteiger partial charge in [-0.05, 0) is 41.5 Å². The van der Waals surface area contributed by atoms with Crippen LogP contribution in [0.3, 0.4) is 0 Å². The highest BCUT2D eigenvalue weighted by Gasteiger charge is 2.78. The molecule has 2 aromatic carbocycles. The van der Waals surface area contributed by atoms with Crippen molar-refractivity contribution < 1.29 is 23.9 Å². The largest absolute Gasteiger partial charge is 0.456 e. The summed E-state index contributed by atoms with van der Waals surface area (Å²) in [6, 6.07) is 18.0. The number of fused-ring (bicyclic) bond motifs is 2. The van der Waals surface area contributed by atoms with Crippen molar-refractivity contribution in [2.75, 3.05) is 19.4 Å². The summed E-state index contributed by atoms with van der Waals surface area (Å²) in [6.45, 7) is 0. The molecular weight excluding hydrogens is 692 g/mol. The SMILES string of the molecule is CNC(=O)[C@@]12CC1[C@@H](n1cnc3c(NC)nc(C#Cc4ccc(Cl)s4)nc31)[C@H](OC(=O)[C@@H](N)c1ccccc1)C2OC(=O)[C@@H](N)c1ccccc1. The van der Waals surface area contributed by atoms with Crippen LogP contribution < -0.4 is 22.1 Å². The first-order chi connectivity index (χ1) is 24.7. The number of nitrogens with zero attached hydrogens (tertiary/aromatic N) is 4. The van der Waals surface area contributed by atoms with Crippen molar-refractivity contribution >= 4 is 57.8 Å². The number of carbonyl (C=O) groups excluding carboxylic acids is 3. The smallest absolute Gasteiger partial charge is 0.328 e. The van der Waals surface area contributed by atoms with Gasteiger partial charge in [-0.15, -0.1) is 11.3 Å². The number of benzene rings is 2. The van der Waals surface area contributed by atoms with Gasteiger partial charge in [0.25, 0.3) is 0 Å². The van der Waals surface area contributed by atoms with Crippen LogP contribution in [-0.2, 0) is 23.9 Å². The number of aromatic nitrogens is 4. The maximum absolute atomic E-state index is 13.8. The number of imidazole rings is 1. The fourth-order valence-electron chi connectivity index (χ4n) is 6.90. The van der Waals surface area contributed by atoms with E-state index in [1.165, 1.54) is 18.4 Å². The predicted octanol–water partition coefficient (Wildman–Crippen LogP) is 3.51. The Bertz CT molecular complexity index is 2180. The topological polar surface area (TPSA) is 189 Å². The first-order valence-electron chi connectivity index (χ1n) is 16.1. The minimum absolute atomic E-state index is 0.195. The van der Waals surface area contributed by atoms with Gasteiger partial charge in [0.05, 0.1) is 27.0 Å². The zero-order valence-electron chi connectivity index (χ0n) is 27.4. The van der Waals surface area contributed by atoms with E-state index >= 15 is 0 Å². The van der Waals surface area contributed by atoms with Crippen LogP contribution in [0.25, 0.3) is 11.2 Å². The molecule has 51 heavy (non-hydrogen) atoms. The fraction of sp³-hybridized carbons (Fsp3) is 0.278. The number of nitrogens with one attached hydrogen (secondary N) is 2. The maximum Gasteiger partial charge on any atom is 0.328 e. The van der Waals surface area contributed by atoms with E-state index in [0.29, 0.717) is 38.9 Å². The molecule has 0 saturated heterocycles. The molecule has 5 aromatic rings. The Morgan fingerprint density at radius 2 is 1.59 bits per heavy atom. The van der Waals surface area contributed by atoms with Crippen molar-refractivity contribution in [3.05, 3.63) is 105 Å². The van der Waals surface area contributed by atoms with Gasteiger partial charge in [0.2, 0.25) is 11.7 Å². The van der Waals surface area contributed by atoms with Gasteiger partial charge in [-0.2, -0.15) is 0 Å². The van der Waals surface area contributed by atoms with E-state index in [1.807, 2.05) is 0 Å². The summed E-state index contributed by atoms with van der Waals surface area (Å²) in [6.07, 6.45) is -0.549. The normalized spacial score (nSPS) is 22.9. The number of anilines is 1. The number of hydrogen-bond acceptors (Lipinski definition) is 12. The number of nitrogens with two attached hydrogens (primary N) is 2. The molecule has 13 nitrogen and oxygen atoms in total. The van der Waals surface area contributed by atoms with Crippen LogP contribution in [-0.4, -0.2) is 63.7 Å². The molecule has 2 fully saturated rings. The van der Waals surface area contributed by atoms with Gasteiger partial charge in [0.15, 0.2) is 29.2 Å². The van der Waals surface area contributed by atoms with Gasteiger partial charge in [-0.25, -0.2) is 24.5 Å². The molecule has 0 bridgehead atoms. The lowest BCUT2D eigenvalue weighted by Crippen LogP contribution is -2.47. The molecule has 2 aliphatic carbocycles. The number of amides is 1. The second kappa shape index (κ2) is 13.8. The molecule has 3 aromatic heterocycles. The summed E-state index contributed by atoms with van der Waals surface area (Å²) in [4.78, 5) is 55.9. The second-order valence-electron chi connectivity index (χ2n) is 12.3. The third kappa shape index (κ3) is 6.19. The van der Waals surface area contributed by atoms with Crippen molar-refractivity contribution in [3.63, 3.8) is 0 Å². The molecular formula is C36H33ClN8O5S. The monoisotopic (exact) mass is 724 g/mol. The molecule has 15 heteroatoms. The number of carbonyl (C=O) groups is 3. The van der Waals surface area contributed by atoms with Gasteiger partial charge < -0.3 is 36.1 Å². The lowest BCUT2D eigenvalue weighted by atomic mass is 9.97. The molecule has 7 atom stereocenters. The average Bonchev–Trinajstić information content (AvgIpc) is 3.37. The lowest BCUT2D eigenvalue weighted by Gasteiger charge is -2.32. The van der Waals surface area contributed by atoms with Gasteiger partial charge >= 0.3 is 11.9 Å². The Balaban J connectivity index is 1.32. The minimum atomic E-state index is -1.25. The highest BCUT2D eigenvalue weighted by Crippen LogP contribution is 2.69. The van der Waals surface area contributed by atoms with E-state index in [4.69, 9.17) is 37.5 Å². The standard InChI is InChI=1S/C36H33ClN8O5S/c1-40-31-27-32(44-24(43-31)16-14-21-13-15-23(37)51-21)45(18-42-27)28-22-17-36(22,35(48)41-2)30(50-34(47)26(39)20-11-7-4-8-12-20)29(28)49-33(46)25(38)19-9-5-3-6-10-19/h3-13,15,18,22,25-26,28-30H,17,38-39H2,1-2H3,(H,41,48)(H,40,43,44)/t22?,25-,26-,28+,29-,30?,36-/m0/s1. The molecule has 2 saturated carbocycles. The van der Waals surface area contributed by atoms with Crippen LogP contribution in [0.2, 0.25) is 4.34 Å². The summed E-state index contributed by atoms with van der Waals surface area (Å²) < 4.78 is 14.7. The Labute approximate surface area is 301 Å². The molecule has 260 valence electrons. The first-order valence-corrected chi connectivity index (χ1v) is 17.3. The number of thiophene rings is 1. The molecule has 1 amide bonds. The quantitative estimate of drug-likeness (QED) is 0.129. The highest BCUT2D eigenvalue weighted by molar-refractivity contribution is 7.16. The Morgan fingerprint density at radius 1 is 0.941 bits per heavy atom. The van der Waals surface area contributed by atoms with E-state index in [-0.39, 0.29) is 11.7 Å². The van der Waals surface area contributed by atoms with E-state index in [0.717, 1.165) is 4.88 Å². The average molecular weight is 725 g/mol. The lowest BCUT2D eigenvalue weighted by molar-refractivity contribution is -0.176. The van der Waals surface area contributed by atoms with Gasteiger partial charge in [0, 0.05) is 20.0 Å². The van der Waals surface area contributed by atoms with E-state index in [2.05, 4.69) is 32.4 Å². The van der Waals surface area contributed by atoms with Crippen LogP contribution in [0.5, 0.6) is 0 Å². The molecule has 0 aliphatic heterocycles. The van der Waals surface area contributed by atoms with Crippen LogP contribution in [0.15, 0.2) is 79.1 Å². The number of halogens is 1. The summed E-state index contributed by atoms with van der Waals surface area (Å²) >= 11 is 7.42. The molecule has 0 radical (unpaired) electrons. The fourth-order valence-corrected chi connectivity index (χ4v) is 7.80. The predicted molar refractivity (Wildman–Crippen MR) is 190 cm³/mol. The second-order valence-corrected chi connectivity index (χ2v) is 14.0. The first kappa shape index (κ1) is 34.1. The van der Waals surface area contributed by atoms with E-state index in [1.54, 1.807) is 90.7 Å². The number of hydrogen-bond donors (Lipinski definition) is 4. The number of rotatable bonds is 9. The van der Waals surface area contributed by atoms with Gasteiger partial charge in [-0.1, -0.05) is 72.3 Å². The third-order valence-corrected chi connectivity index (χ3v) is 10.6. The molecule has 0 spiro atoms. The molecule has 2 unspecified atom stereocenters. The molecule has 3 heterocycles. The summed E-state index contributed by atoms with van der Waals surface area (Å²) in [7, 11) is 3.20. The molecule has 7 rings (SSSR count). The number of ether oxygens (including phenoxy) is 2. The van der Waals surface area contributed by atoms with Crippen molar-refractivity contribution in [1.82, 2.24) is 24.8 Å². The Hall–Kier alpha value is -5.33. The molecule has 2 aliphatic rings. The Kier molecular flexibility index (Phi) is 9.21. The minimum Gasteiger partial charge on any atom is -0.456 e. The van der Waals surface area contributed by atoms with Crippen LogP contribution >= 0.6 is 22.9 Å². The van der Waals surface area contributed by atoms with Crippen molar-refractivity contribution in [2.45, 2.75) is 36.8 Å². The Morgan fingerprint density at radius 3 is 2.18 bits per heavy atom. The van der Waals surface area contributed by atoms with E-state index < -0.39 is 53.6 Å². The van der Waals surface area contributed by atoms with E-state index in [9.17, 15) is 14.4 Å². The third-order valence-electron chi connectivity index (χ3n) is 9.43. The summed E-state index contributed by atoms with van der Waals surface area (Å²) in [5, 5.41) is 5.78. The van der Waals surface area contributed by atoms with Crippen molar-refractivity contribution in [1.29, 1.82) is 0 Å². The van der Waals surface area contributed by atoms with Crippen LogP contribution in [0.1, 0.15) is 46.4 Å². The van der Waals surface area contributed by atoms with Crippen LogP contribution in [0.4, 0.5) is 5.82 Å². The highest BCUT2D eigenvalue weighted by atomic mass is 35.5.